The fraction of sp³-hybridized carbons (Fsp3) is 0.214. The van der Waals surface area contributed by atoms with Crippen LogP contribution in [-0.4, -0.2) is 19.0 Å². The molecule has 2 aromatic rings. The molecule has 1 amide bonds. The number of amides is 1. The smallest absolute Gasteiger partial charge is 0.251 e. The SMILES string of the molecule is NCCCNC(=O)c1ccc2ccccc2c1. The van der Waals surface area contributed by atoms with Crippen molar-refractivity contribution in [1.29, 1.82) is 0 Å². The second-order valence-corrected chi connectivity index (χ2v) is 3.96. The lowest BCUT2D eigenvalue weighted by molar-refractivity contribution is 0.0953. The van der Waals surface area contributed by atoms with Crippen molar-refractivity contribution in [3.05, 3.63) is 48.0 Å². The number of fused-ring (bicyclic) bond motifs is 1. The maximum atomic E-state index is 11.8. The van der Waals surface area contributed by atoms with Gasteiger partial charge in [-0.1, -0.05) is 30.3 Å². The van der Waals surface area contributed by atoms with Crippen molar-refractivity contribution in [1.82, 2.24) is 5.32 Å². The average molecular weight is 228 g/mol. The number of benzene rings is 2. The van der Waals surface area contributed by atoms with Gasteiger partial charge in [0.2, 0.25) is 0 Å². The minimum Gasteiger partial charge on any atom is -0.352 e. The Kier molecular flexibility index (Phi) is 3.73. The number of hydrogen-bond acceptors (Lipinski definition) is 2. The Morgan fingerprint density at radius 3 is 2.65 bits per heavy atom. The van der Waals surface area contributed by atoms with Gasteiger partial charge in [-0.15, -0.1) is 0 Å². The monoisotopic (exact) mass is 228 g/mol. The Labute approximate surface area is 101 Å². The summed E-state index contributed by atoms with van der Waals surface area (Å²) in [4.78, 5) is 11.8. The molecule has 88 valence electrons. The summed E-state index contributed by atoms with van der Waals surface area (Å²) < 4.78 is 0. The molecule has 0 bridgehead atoms. The van der Waals surface area contributed by atoms with Gasteiger partial charge >= 0.3 is 0 Å². The lowest BCUT2D eigenvalue weighted by Crippen LogP contribution is -2.25. The largest absolute Gasteiger partial charge is 0.352 e. The van der Waals surface area contributed by atoms with E-state index in [1.807, 2.05) is 42.5 Å². The van der Waals surface area contributed by atoms with E-state index in [2.05, 4.69) is 5.32 Å². The lowest BCUT2D eigenvalue weighted by atomic mass is 10.1. The van der Waals surface area contributed by atoms with Gasteiger partial charge < -0.3 is 11.1 Å². The van der Waals surface area contributed by atoms with Crippen molar-refractivity contribution in [2.75, 3.05) is 13.1 Å². The molecular formula is C14H16N2O. The average Bonchev–Trinajstić information content (AvgIpc) is 2.38. The van der Waals surface area contributed by atoms with Gasteiger partial charge in [0.15, 0.2) is 0 Å². The first-order chi connectivity index (χ1) is 8.31. The molecule has 3 N–H and O–H groups in total. The summed E-state index contributed by atoms with van der Waals surface area (Å²) in [6.07, 6.45) is 0.805. The highest BCUT2D eigenvalue weighted by atomic mass is 16.1. The van der Waals surface area contributed by atoms with Gasteiger partial charge in [0, 0.05) is 12.1 Å². The fourth-order valence-electron chi connectivity index (χ4n) is 1.74. The van der Waals surface area contributed by atoms with E-state index in [0.717, 1.165) is 17.2 Å². The standard InChI is InChI=1S/C14H16N2O/c15-8-3-9-16-14(17)13-7-6-11-4-1-2-5-12(11)10-13/h1-2,4-7,10H,3,8-9,15H2,(H,16,17). The van der Waals surface area contributed by atoms with Crippen LogP contribution in [0.3, 0.4) is 0 Å². The Morgan fingerprint density at radius 1 is 1.12 bits per heavy atom. The summed E-state index contributed by atoms with van der Waals surface area (Å²) in [5, 5.41) is 5.07. The van der Waals surface area contributed by atoms with Crippen LogP contribution in [0.25, 0.3) is 10.8 Å². The highest BCUT2D eigenvalue weighted by molar-refractivity contribution is 5.98. The third-order valence-corrected chi connectivity index (χ3v) is 2.68. The molecule has 0 fully saturated rings. The molecule has 3 heteroatoms. The molecule has 2 rings (SSSR count). The molecule has 2 aromatic carbocycles. The zero-order valence-electron chi connectivity index (χ0n) is 9.65. The van der Waals surface area contributed by atoms with E-state index in [4.69, 9.17) is 5.73 Å². The molecule has 0 aromatic heterocycles. The van der Waals surface area contributed by atoms with E-state index < -0.39 is 0 Å². The quantitative estimate of drug-likeness (QED) is 0.785. The predicted molar refractivity (Wildman–Crippen MR) is 70.0 cm³/mol. The highest BCUT2D eigenvalue weighted by Crippen LogP contribution is 2.15. The topological polar surface area (TPSA) is 55.1 Å². The molecule has 0 radical (unpaired) electrons. The van der Waals surface area contributed by atoms with Crippen LogP contribution in [-0.2, 0) is 0 Å². The predicted octanol–water partition coefficient (Wildman–Crippen LogP) is 1.92. The number of carbonyl (C=O) groups is 1. The van der Waals surface area contributed by atoms with Crippen LogP contribution in [0, 0.1) is 0 Å². The number of hydrogen-bond donors (Lipinski definition) is 2. The number of nitrogens with one attached hydrogen (secondary N) is 1. The second-order valence-electron chi connectivity index (χ2n) is 3.96. The molecule has 0 atom stereocenters. The van der Waals surface area contributed by atoms with Gasteiger partial charge in [0.1, 0.15) is 0 Å². The summed E-state index contributed by atoms with van der Waals surface area (Å²) in [7, 11) is 0. The molecule has 17 heavy (non-hydrogen) atoms. The van der Waals surface area contributed by atoms with Crippen LogP contribution in [0.5, 0.6) is 0 Å². The molecule has 0 aliphatic rings. The third-order valence-electron chi connectivity index (χ3n) is 2.68. The van der Waals surface area contributed by atoms with E-state index in [1.54, 1.807) is 0 Å². The first kappa shape index (κ1) is 11.6. The van der Waals surface area contributed by atoms with Crippen molar-refractivity contribution >= 4 is 16.7 Å². The van der Waals surface area contributed by atoms with Gasteiger partial charge in [0.05, 0.1) is 0 Å². The Hall–Kier alpha value is -1.87. The zero-order chi connectivity index (χ0) is 12.1. The van der Waals surface area contributed by atoms with Gasteiger partial charge in [-0.05, 0) is 35.9 Å². The first-order valence-corrected chi connectivity index (χ1v) is 5.78. The number of rotatable bonds is 4. The van der Waals surface area contributed by atoms with Gasteiger partial charge in [-0.3, -0.25) is 4.79 Å². The second kappa shape index (κ2) is 5.46. The van der Waals surface area contributed by atoms with Gasteiger partial charge in [0.25, 0.3) is 5.91 Å². The maximum Gasteiger partial charge on any atom is 0.251 e. The van der Waals surface area contributed by atoms with Gasteiger partial charge in [-0.2, -0.15) is 0 Å². The van der Waals surface area contributed by atoms with Crippen molar-refractivity contribution in [3.63, 3.8) is 0 Å². The Balaban J connectivity index is 2.15. The van der Waals surface area contributed by atoms with Crippen LogP contribution < -0.4 is 11.1 Å². The molecule has 0 spiro atoms. The molecule has 0 aliphatic carbocycles. The lowest BCUT2D eigenvalue weighted by Gasteiger charge is -2.05. The molecular weight excluding hydrogens is 212 g/mol. The van der Waals surface area contributed by atoms with Crippen LogP contribution in [0.2, 0.25) is 0 Å². The molecule has 0 unspecified atom stereocenters. The minimum absolute atomic E-state index is 0.0378. The van der Waals surface area contributed by atoms with Crippen LogP contribution >= 0.6 is 0 Å². The number of carbonyl (C=O) groups excluding carboxylic acids is 1. The first-order valence-electron chi connectivity index (χ1n) is 5.78. The summed E-state index contributed by atoms with van der Waals surface area (Å²) in [5.74, 6) is -0.0378. The van der Waals surface area contributed by atoms with Crippen LogP contribution in [0.4, 0.5) is 0 Å². The molecule has 0 saturated heterocycles. The summed E-state index contributed by atoms with van der Waals surface area (Å²) in [6, 6.07) is 13.7. The van der Waals surface area contributed by atoms with Crippen LogP contribution in [0.15, 0.2) is 42.5 Å². The number of nitrogens with two attached hydrogens (primary N) is 1. The van der Waals surface area contributed by atoms with E-state index in [9.17, 15) is 4.79 Å². The van der Waals surface area contributed by atoms with Crippen molar-refractivity contribution in [2.45, 2.75) is 6.42 Å². The van der Waals surface area contributed by atoms with E-state index in [0.29, 0.717) is 18.7 Å². The van der Waals surface area contributed by atoms with E-state index in [-0.39, 0.29) is 5.91 Å². The van der Waals surface area contributed by atoms with E-state index >= 15 is 0 Å². The maximum absolute atomic E-state index is 11.8. The molecule has 0 heterocycles. The minimum atomic E-state index is -0.0378. The summed E-state index contributed by atoms with van der Waals surface area (Å²) in [5.41, 5.74) is 6.07. The molecule has 0 aliphatic heterocycles. The fourth-order valence-corrected chi connectivity index (χ4v) is 1.74. The molecule has 0 saturated carbocycles. The summed E-state index contributed by atoms with van der Waals surface area (Å²) in [6.45, 7) is 1.22. The van der Waals surface area contributed by atoms with E-state index in [1.165, 1.54) is 0 Å². The molecule has 3 nitrogen and oxygen atoms in total. The van der Waals surface area contributed by atoms with Crippen molar-refractivity contribution in [3.8, 4) is 0 Å². The van der Waals surface area contributed by atoms with Crippen molar-refractivity contribution in [2.24, 2.45) is 5.73 Å². The van der Waals surface area contributed by atoms with Gasteiger partial charge in [-0.25, -0.2) is 0 Å². The highest BCUT2D eigenvalue weighted by Gasteiger charge is 2.04. The van der Waals surface area contributed by atoms with Crippen LogP contribution in [0.1, 0.15) is 16.8 Å². The summed E-state index contributed by atoms with van der Waals surface area (Å²) >= 11 is 0. The third kappa shape index (κ3) is 2.82. The van der Waals surface area contributed by atoms with Crippen molar-refractivity contribution < 1.29 is 4.79 Å². The normalized spacial score (nSPS) is 10.4. The Morgan fingerprint density at radius 2 is 1.88 bits per heavy atom. The zero-order valence-corrected chi connectivity index (χ0v) is 9.65. The Bertz CT molecular complexity index is 522.